The van der Waals surface area contributed by atoms with E-state index in [-0.39, 0.29) is 50.0 Å². The van der Waals surface area contributed by atoms with Crippen LogP contribution in [0, 0.1) is 11.8 Å². The summed E-state index contributed by atoms with van der Waals surface area (Å²) in [5, 5.41) is 10.6. The molecule has 11 unspecified atom stereocenters. The van der Waals surface area contributed by atoms with E-state index in [1.165, 1.54) is 0 Å². The molecule has 1 N–H and O–H groups in total. The third-order valence-electron chi connectivity index (χ3n) is 9.23. The van der Waals surface area contributed by atoms with E-state index in [9.17, 15) is 5.11 Å². The third-order valence-corrected chi connectivity index (χ3v) is 9.23. The van der Waals surface area contributed by atoms with Gasteiger partial charge in [-0.3, -0.25) is 0 Å². The van der Waals surface area contributed by atoms with Crippen LogP contribution in [0.3, 0.4) is 0 Å². The van der Waals surface area contributed by atoms with E-state index >= 15 is 8.78 Å². The van der Waals surface area contributed by atoms with Crippen molar-refractivity contribution in [3.05, 3.63) is 0 Å². The van der Waals surface area contributed by atoms with Gasteiger partial charge in [0.05, 0.1) is 64.1 Å². The number of hydrogen-bond donors (Lipinski definition) is 1. The second-order valence-corrected chi connectivity index (χ2v) is 12.4. The Morgan fingerprint density at radius 3 is 1.78 bits per heavy atom. The molecule has 0 aromatic heterocycles. The molecule has 0 aromatic rings. The first-order chi connectivity index (χ1) is 17.4. The fourth-order valence-corrected chi connectivity index (χ4v) is 7.25. The monoisotopic (exact) mass is 516 g/mol. The van der Waals surface area contributed by atoms with Crippen LogP contribution >= 0.6 is 0 Å². The van der Waals surface area contributed by atoms with E-state index in [1.54, 1.807) is 0 Å². The molecule has 206 valence electrons. The van der Waals surface area contributed by atoms with Crippen LogP contribution < -0.4 is 0 Å². The van der Waals surface area contributed by atoms with Gasteiger partial charge in [0.2, 0.25) is 0 Å². The lowest BCUT2D eigenvalue weighted by Crippen LogP contribution is -2.53. The maximum atomic E-state index is 15.9. The first-order valence-electron chi connectivity index (χ1n) is 14.1. The molecule has 4 aliphatic carbocycles. The van der Waals surface area contributed by atoms with Crippen LogP contribution in [0.2, 0.25) is 0 Å². The topological polar surface area (TPSA) is 82.2 Å². The number of ether oxygens (including phenoxy) is 6. The van der Waals surface area contributed by atoms with E-state index in [0.29, 0.717) is 51.4 Å². The van der Waals surface area contributed by atoms with Crippen molar-refractivity contribution in [3.8, 4) is 0 Å². The van der Waals surface area contributed by atoms with Gasteiger partial charge in [0.15, 0.2) is 0 Å². The number of halogens is 2. The van der Waals surface area contributed by atoms with Gasteiger partial charge in [0.25, 0.3) is 0 Å². The van der Waals surface area contributed by atoms with Gasteiger partial charge in [-0.25, -0.2) is 8.78 Å². The Hall–Kier alpha value is -0.420. The normalized spacial score (nSPS) is 48.4. The number of rotatable bonds is 12. The Bertz CT molecular complexity index is 752. The molecule has 0 spiro atoms. The molecule has 4 bridgehead atoms. The molecule has 6 rings (SSSR count). The minimum absolute atomic E-state index is 0.0203. The van der Waals surface area contributed by atoms with Crippen molar-refractivity contribution >= 4 is 0 Å². The van der Waals surface area contributed by atoms with Gasteiger partial charge in [0.1, 0.15) is 29.6 Å². The predicted molar refractivity (Wildman–Crippen MR) is 125 cm³/mol. The zero-order valence-corrected chi connectivity index (χ0v) is 21.2. The largest absolute Gasteiger partial charge is 0.388 e. The summed E-state index contributed by atoms with van der Waals surface area (Å²) in [6.45, 7) is 2.53. The Morgan fingerprint density at radius 1 is 0.694 bits per heavy atom. The van der Waals surface area contributed by atoms with Gasteiger partial charge in [-0.05, 0) is 63.2 Å². The molecule has 11 atom stereocenters. The molecule has 2 aliphatic heterocycles. The summed E-state index contributed by atoms with van der Waals surface area (Å²) < 4.78 is 65.8. The van der Waals surface area contributed by atoms with Crippen molar-refractivity contribution < 1.29 is 42.3 Å². The number of alkyl halides is 2. The van der Waals surface area contributed by atoms with E-state index in [2.05, 4.69) is 0 Å². The summed E-state index contributed by atoms with van der Waals surface area (Å²) in [5.74, 6) is 0.610. The van der Waals surface area contributed by atoms with Crippen molar-refractivity contribution in [3.63, 3.8) is 0 Å². The first kappa shape index (κ1) is 25.8. The summed E-state index contributed by atoms with van der Waals surface area (Å²) in [7, 11) is 0. The average Bonchev–Trinajstić information content (AvgIpc) is 3.75. The average molecular weight is 517 g/mol. The number of fused-ring (bicyclic) bond motifs is 4. The van der Waals surface area contributed by atoms with Gasteiger partial charge >= 0.3 is 0 Å². The summed E-state index contributed by atoms with van der Waals surface area (Å²) in [6, 6.07) is 0. The highest BCUT2D eigenvalue weighted by atomic mass is 19.1. The van der Waals surface area contributed by atoms with Crippen LogP contribution in [0.5, 0.6) is 0 Å². The highest BCUT2D eigenvalue weighted by Gasteiger charge is 2.52. The van der Waals surface area contributed by atoms with Crippen molar-refractivity contribution in [2.75, 3.05) is 39.6 Å². The second-order valence-electron chi connectivity index (χ2n) is 12.4. The minimum atomic E-state index is -1.42. The molecule has 0 amide bonds. The highest BCUT2D eigenvalue weighted by molar-refractivity contribution is 5.02. The fraction of sp³-hybridized carbons (Fsp3) is 1.00. The molecule has 7 nitrogen and oxygen atoms in total. The van der Waals surface area contributed by atoms with E-state index < -0.39 is 29.6 Å². The lowest BCUT2D eigenvalue weighted by atomic mass is 9.67. The lowest BCUT2D eigenvalue weighted by Gasteiger charge is -2.48. The van der Waals surface area contributed by atoms with Crippen molar-refractivity contribution in [2.45, 2.75) is 118 Å². The van der Waals surface area contributed by atoms with E-state index in [1.807, 2.05) is 0 Å². The highest BCUT2D eigenvalue weighted by Crippen LogP contribution is 2.49. The van der Waals surface area contributed by atoms with Crippen molar-refractivity contribution in [2.24, 2.45) is 11.8 Å². The van der Waals surface area contributed by atoms with Crippen molar-refractivity contribution in [1.82, 2.24) is 0 Å². The molecule has 9 heteroatoms. The van der Waals surface area contributed by atoms with Crippen LogP contribution in [-0.4, -0.2) is 98.8 Å². The fourth-order valence-electron chi connectivity index (χ4n) is 7.25. The molecule has 2 heterocycles. The third kappa shape index (κ3) is 6.24. The second kappa shape index (κ2) is 10.6. The smallest absolute Gasteiger partial charge is 0.139 e. The van der Waals surface area contributed by atoms with Gasteiger partial charge in [-0.15, -0.1) is 0 Å². The Morgan fingerprint density at radius 2 is 1.19 bits per heavy atom. The maximum Gasteiger partial charge on any atom is 0.139 e. The zero-order valence-electron chi connectivity index (χ0n) is 21.2. The van der Waals surface area contributed by atoms with Crippen LogP contribution in [0.25, 0.3) is 0 Å². The van der Waals surface area contributed by atoms with E-state index in [4.69, 9.17) is 28.4 Å². The predicted octanol–water partition coefficient (Wildman–Crippen LogP) is 3.29. The Kier molecular flexibility index (Phi) is 7.63. The molecular formula is C27H42F2O7. The number of aliphatic hydroxyl groups excluding tert-OH is 1. The summed E-state index contributed by atoms with van der Waals surface area (Å²) in [5.41, 5.74) is -2.80. The Balaban J connectivity index is 0.945. The summed E-state index contributed by atoms with van der Waals surface area (Å²) in [4.78, 5) is 0. The number of epoxide rings is 2. The van der Waals surface area contributed by atoms with Crippen LogP contribution in [-0.2, 0) is 28.4 Å². The van der Waals surface area contributed by atoms with E-state index in [0.717, 1.165) is 38.7 Å². The summed E-state index contributed by atoms with van der Waals surface area (Å²) in [6.07, 6.45) is 4.76. The van der Waals surface area contributed by atoms with Gasteiger partial charge in [-0.1, -0.05) is 0 Å². The summed E-state index contributed by atoms with van der Waals surface area (Å²) >= 11 is 0. The van der Waals surface area contributed by atoms with Crippen molar-refractivity contribution in [1.29, 1.82) is 0 Å². The molecule has 36 heavy (non-hydrogen) atoms. The molecule has 4 saturated carbocycles. The minimum Gasteiger partial charge on any atom is -0.388 e. The van der Waals surface area contributed by atoms with Crippen LogP contribution in [0.4, 0.5) is 8.78 Å². The molecular weight excluding hydrogens is 474 g/mol. The Labute approximate surface area is 212 Å². The maximum absolute atomic E-state index is 15.9. The molecule has 6 aliphatic rings. The van der Waals surface area contributed by atoms with Gasteiger partial charge in [-0.2, -0.15) is 0 Å². The molecule has 6 fully saturated rings. The van der Waals surface area contributed by atoms with Gasteiger partial charge in [0, 0.05) is 12.8 Å². The standard InChI is InChI=1S/C27H42F2O7/c28-26-7-18(6-21(10-26)32-13-22-14-33-22)1-3-24(26)35-12-19(30)11-31-20-5-17-2-4-25(27(29,8-17)9-20)36-16-23-15-34-23/h17-25,30H,1-16H2. The SMILES string of the molecule is OC(COC1CC2CCC(OCC3CO3)C(F)(C2)C1)COC1CCC2CC(OCC3CO3)CC1(F)C2. The zero-order chi connectivity index (χ0) is 24.8. The molecule has 2 saturated heterocycles. The lowest BCUT2D eigenvalue weighted by molar-refractivity contribution is -0.171. The molecule has 0 aromatic carbocycles. The van der Waals surface area contributed by atoms with Gasteiger partial charge < -0.3 is 33.5 Å². The van der Waals surface area contributed by atoms with Crippen LogP contribution in [0.1, 0.15) is 64.2 Å². The number of hydrogen-bond acceptors (Lipinski definition) is 7. The number of aliphatic hydroxyl groups is 1. The quantitative estimate of drug-likeness (QED) is 0.399. The van der Waals surface area contributed by atoms with Crippen LogP contribution in [0.15, 0.2) is 0 Å². The molecule has 0 radical (unpaired) electrons. The first-order valence-corrected chi connectivity index (χ1v) is 14.1.